The van der Waals surface area contributed by atoms with Crippen molar-refractivity contribution in [3.63, 3.8) is 0 Å². The minimum atomic E-state index is -0.364. The van der Waals surface area contributed by atoms with Crippen LogP contribution in [0.15, 0.2) is 6.33 Å². The number of imide groups is 1. The first kappa shape index (κ1) is 11.8. The van der Waals surface area contributed by atoms with Gasteiger partial charge in [0.1, 0.15) is 17.3 Å². The number of hydrogen-bond acceptors (Lipinski definition) is 6. The molecule has 19 heavy (non-hydrogen) atoms. The summed E-state index contributed by atoms with van der Waals surface area (Å²) in [5.74, 6) is 0.147. The first-order chi connectivity index (χ1) is 9.06. The van der Waals surface area contributed by atoms with E-state index < -0.39 is 0 Å². The summed E-state index contributed by atoms with van der Waals surface area (Å²) in [5, 5.41) is 6.56. The fraction of sp³-hybridized carbons (Fsp3) is 0.300. The molecule has 1 fully saturated rings. The van der Waals surface area contributed by atoms with E-state index in [1.807, 2.05) is 0 Å². The molecule has 1 aliphatic rings. The molecule has 0 aliphatic carbocycles. The van der Waals surface area contributed by atoms with Crippen LogP contribution >= 0.6 is 11.6 Å². The quantitative estimate of drug-likeness (QED) is 0.562. The predicted octanol–water partition coefficient (Wildman–Crippen LogP) is -0.451. The van der Waals surface area contributed by atoms with Gasteiger partial charge >= 0.3 is 0 Å². The van der Waals surface area contributed by atoms with Crippen LogP contribution in [-0.2, 0) is 9.59 Å². The number of aromatic nitrogens is 4. The van der Waals surface area contributed by atoms with Gasteiger partial charge in [0, 0.05) is 5.56 Å². The van der Waals surface area contributed by atoms with E-state index in [2.05, 4.69) is 20.4 Å². The second kappa shape index (κ2) is 4.16. The smallest absolute Gasteiger partial charge is 0.255 e. The maximum absolute atomic E-state index is 11.5. The minimum Gasteiger partial charge on any atom is -0.337 e. The van der Waals surface area contributed by atoms with Crippen molar-refractivity contribution in [3.8, 4) is 0 Å². The Morgan fingerprint density at radius 2 is 2.00 bits per heavy atom. The van der Waals surface area contributed by atoms with Crippen molar-refractivity contribution in [2.45, 2.75) is 6.92 Å². The lowest BCUT2D eigenvalue weighted by molar-refractivity contribution is -0.130. The van der Waals surface area contributed by atoms with Crippen LogP contribution in [-0.4, -0.2) is 44.5 Å². The zero-order valence-corrected chi connectivity index (χ0v) is 10.7. The van der Waals surface area contributed by atoms with Crippen LogP contribution in [0.2, 0.25) is 5.15 Å². The summed E-state index contributed by atoms with van der Waals surface area (Å²) in [7, 11) is 0. The molecule has 2 aromatic rings. The van der Waals surface area contributed by atoms with Crippen LogP contribution in [0.3, 0.4) is 0 Å². The van der Waals surface area contributed by atoms with E-state index in [0.29, 0.717) is 17.2 Å². The Labute approximate surface area is 112 Å². The third-order valence-electron chi connectivity index (χ3n) is 2.82. The molecule has 0 atom stereocenters. The Balaban J connectivity index is 2.18. The number of nitrogens with zero attached hydrogens (tertiary/aromatic N) is 5. The average molecular weight is 281 g/mol. The van der Waals surface area contributed by atoms with Gasteiger partial charge in [-0.25, -0.2) is 0 Å². The number of amides is 2. The summed E-state index contributed by atoms with van der Waals surface area (Å²) >= 11 is 6.04. The number of rotatable bonds is 1. The SMILES string of the molecule is Cc1c(Cl)nc2ncnn2c1N1CC(=O)NC(=O)C1. The Kier molecular flexibility index (Phi) is 2.59. The normalized spacial score (nSPS) is 16.0. The number of hydrogen-bond donors (Lipinski definition) is 1. The number of piperazine rings is 1. The molecule has 9 heteroatoms. The van der Waals surface area contributed by atoms with Crippen LogP contribution in [0.4, 0.5) is 5.82 Å². The molecule has 1 N–H and O–H groups in total. The van der Waals surface area contributed by atoms with E-state index in [1.165, 1.54) is 10.8 Å². The molecule has 98 valence electrons. The summed E-state index contributed by atoms with van der Waals surface area (Å²) in [6, 6.07) is 0. The van der Waals surface area contributed by atoms with E-state index in [0.717, 1.165) is 0 Å². The molecule has 3 heterocycles. The first-order valence-electron chi connectivity index (χ1n) is 5.49. The van der Waals surface area contributed by atoms with Crippen molar-refractivity contribution < 1.29 is 9.59 Å². The highest BCUT2D eigenvalue weighted by molar-refractivity contribution is 6.30. The van der Waals surface area contributed by atoms with Crippen molar-refractivity contribution in [1.82, 2.24) is 24.9 Å². The van der Waals surface area contributed by atoms with Gasteiger partial charge in [-0.1, -0.05) is 11.6 Å². The van der Waals surface area contributed by atoms with E-state index in [4.69, 9.17) is 11.6 Å². The minimum absolute atomic E-state index is 0.0574. The van der Waals surface area contributed by atoms with Gasteiger partial charge in [0.2, 0.25) is 11.8 Å². The standard InChI is InChI=1S/C10H9ClN6O2/c1-5-8(11)15-10-12-4-13-17(10)9(5)16-2-6(18)14-7(19)3-16/h4H,2-3H2,1H3,(H,14,18,19). The molecule has 8 nitrogen and oxygen atoms in total. The molecule has 0 spiro atoms. The topological polar surface area (TPSA) is 92.5 Å². The summed E-state index contributed by atoms with van der Waals surface area (Å²) in [6.07, 6.45) is 1.34. The molecule has 0 unspecified atom stereocenters. The van der Waals surface area contributed by atoms with E-state index in [9.17, 15) is 9.59 Å². The number of anilines is 1. The van der Waals surface area contributed by atoms with Crippen molar-refractivity contribution in [3.05, 3.63) is 17.0 Å². The zero-order chi connectivity index (χ0) is 13.6. The fourth-order valence-electron chi connectivity index (χ4n) is 2.04. The van der Waals surface area contributed by atoms with E-state index >= 15 is 0 Å². The lowest BCUT2D eigenvalue weighted by atomic mass is 10.2. The number of carbonyl (C=O) groups is 2. The molecule has 0 saturated carbocycles. The predicted molar refractivity (Wildman–Crippen MR) is 65.9 cm³/mol. The Morgan fingerprint density at radius 1 is 1.32 bits per heavy atom. The molecule has 1 aliphatic heterocycles. The molecule has 0 radical (unpaired) electrons. The van der Waals surface area contributed by atoms with Crippen LogP contribution in [0.5, 0.6) is 0 Å². The van der Waals surface area contributed by atoms with Gasteiger partial charge in [-0.15, -0.1) is 0 Å². The number of nitrogens with one attached hydrogen (secondary N) is 1. The first-order valence-corrected chi connectivity index (χ1v) is 5.87. The second-order valence-electron chi connectivity index (χ2n) is 4.15. The third-order valence-corrected chi connectivity index (χ3v) is 3.19. The van der Waals surface area contributed by atoms with Crippen LogP contribution in [0.1, 0.15) is 5.56 Å². The zero-order valence-electron chi connectivity index (χ0n) is 9.92. The van der Waals surface area contributed by atoms with Gasteiger partial charge in [-0.3, -0.25) is 14.9 Å². The Bertz CT molecular complexity index is 681. The number of fused-ring (bicyclic) bond motifs is 1. The van der Waals surface area contributed by atoms with Crippen LogP contribution < -0.4 is 10.2 Å². The summed E-state index contributed by atoms with van der Waals surface area (Å²) in [4.78, 5) is 32.6. The molecule has 2 aromatic heterocycles. The monoisotopic (exact) mass is 280 g/mol. The highest BCUT2D eigenvalue weighted by Crippen LogP contribution is 2.25. The van der Waals surface area contributed by atoms with Gasteiger partial charge in [0.25, 0.3) is 5.78 Å². The molecule has 2 amide bonds. The summed E-state index contributed by atoms with van der Waals surface area (Å²) in [5.41, 5.74) is 0.641. The molecular weight excluding hydrogens is 272 g/mol. The van der Waals surface area contributed by atoms with Gasteiger partial charge in [-0.05, 0) is 6.92 Å². The molecule has 3 rings (SSSR count). The second-order valence-corrected chi connectivity index (χ2v) is 4.51. The summed E-state index contributed by atoms with van der Waals surface area (Å²) < 4.78 is 1.47. The third kappa shape index (κ3) is 1.89. The van der Waals surface area contributed by atoms with Gasteiger partial charge in [0.05, 0.1) is 13.1 Å². The van der Waals surface area contributed by atoms with E-state index in [1.54, 1.807) is 11.8 Å². The number of carbonyl (C=O) groups excluding carboxylic acids is 2. The fourth-order valence-corrected chi connectivity index (χ4v) is 2.20. The van der Waals surface area contributed by atoms with Crippen LogP contribution in [0.25, 0.3) is 5.78 Å². The Morgan fingerprint density at radius 3 is 2.68 bits per heavy atom. The van der Waals surface area contributed by atoms with Crippen molar-refractivity contribution >= 4 is 35.0 Å². The molecular formula is C10H9ClN6O2. The average Bonchev–Trinajstić information content (AvgIpc) is 2.76. The highest BCUT2D eigenvalue weighted by atomic mass is 35.5. The van der Waals surface area contributed by atoms with Crippen molar-refractivity contribution in [1.29, 1.82) is 0 Å². The van der Waals surface area contributed by atoms with Gasteiger partial charge < -0.3 is 4.90 Å². The maximum Gasteiger partial charge on any atom is 0.255 e. The lowest BCUT2D eigenvalue weighted by Gasteiger charge is -2.28. The van der Waals surface area contributed by atoms with Crippen molar-refractivity contribution in [2.75, 3.05) is 18.0 Å². The maximum atomic E-state index is 11.5. The van der Waals surface area contributed by atoms with Gasteiger partial charge in [0.15, 0.2) is 0 Å². The van der Waals surface area contributed by atoms with Crippen LogP contribution in [0, 0.1) is 6.92 Å². The molecule has 1 saturated heterocycles. The molecule has 0 aromatic carbocycles. The largest absolute Gasteiger partial charge is 0.337 e. The lowest BCUT2D eigenvalue weighted by Crippen LogP contribution is -2.52. The van der Waals surface area contributed by atoms with Crippen molar-refractivity contribution in [2.24, 2.45) is 0 Å². The Hall–Kier alpha value is -2.22. The van der Waals surface area contributed by atoms with Gasteiger partial charge in [-0.2, -0.15) is 19.6 Å². The summed E-state index contributed by atoms with van der Waals surface area (Å²) in [6.45, 7) is 1.87. The number of halogens is 1. The molecule has 0 bridgehead atoms. The highest BCUT2D eigenvalue weighted by Gasteiger charge is 2.27. The van der Waals surface area contributed by atoms with E-state index in [-0.39, 0.29) is 30.1 Å².